The molecule has 0 fully saturated rings. The topological polar surface area (TPSA) is 12.0 Å². The summed E-state index contributed by atoms with van der Waals surface area (Å²) in [6.07, 6.45) is 0. The summed E-state index contributed by atoms with van der Waals surface area (Å²) in [5, 5.41) is 6.84. The van der Waals surface area contributed by atoms with Crippen LogP contribution in [0.1, 0.15) is 12.5 Å². The minimum atomic E-state index is 0.944. The molecule has 0 amide bonds. The number of fused-ring (bicyclic) bond motifs is 1. The molecule has 0 bridgehead atoms. The molecule has 0 aliphatic carbocycles. The van der Waals surface area contributed by atoms with Crippen molar-refractivity contribution in [2.45, 2.75) is 13.5 Å². The Balaban J connectivity index is 1.95. The van der Waals surface area contributed by atoms with Gasteiger partial charge >= 0.3 is 0 Å². The van der Waals surface area contributed by atoms with Gasteiger partial charge in [-0.05, 0) is 40.1 Å². The Morgan fingerprint density at radius 2 is 1.84 bits per heavy atom. The van der Waals surface area contributed by atoms with Crippen molar-refractivity contribution in [3.8, 4) is 11.1 Å². The van der Waals surface area contributed by atoms with Gasteiger partial charge in [-0.1, -0.05) is 49.4 Å². The van der Waals surface area contributed by atoms with E-state index in [1.165, 1.54) is 26.8 Å². The SMILES string of the molecule is CCNCc1ccc(-c2cccc3ccsc23)cc1. The molecule has 0 unspecified atom stereocenters. The average Bonchev–Trinajstić information content (AvgIpc) is 2.94. The Labute approximate surface area is 117 Å². The largest absolute Gasteiger partial charge is 0.313 e. The smallest absolute Gasteiger partial charge is 0.0421 e. The highest BCUT2D eigenvalue weighted by Crippen LogP contribution is 2.32. The third-order valence-corrected chi connectivity index (χ3v) is 4.29. The Kier molecular flexibility index (Phi) is 3.62. The van der Waals surface area contributed by atoms with Crippen LogP contribution in [0, 0.1) is 0 Å². The Bertz CT molecular complexity index is 667. The highest BCUT2D eigenvalue weighted by molar-refractivity contribution is 7.17. The van der Waals surface area contributed by atoms with E-state index in [9.17, 15) is 0 Å². The number of rotatable bonds is 4. The molecule has 0 saturated carbocycles. The normalized spacial score (nSPS) is 11.0. The lowest BCUT2D eigenvalue weighted by atomic mass is 10.0. The van der Waals surface area contributed by atoms with Gasteiger partial charge in [0, 0.05) is 11.2 Å². The molecule has 0 aliphatic heterocycles. The molecule has 0 saturated heterocycles. The van der Waals surface area contributed by atoms with Crippen LogP contribution < -0.4 is 5.32 Å². The molecule has 3 aromatic rings. The molecule has 3 rings (SSSR count). The molecule has 1 aromatic heterocycles. The number of hydrogen-bond acceptors (Lipinski definition) is 2. The second-order valence-corrected chi connectivity index (χ2v) is 5.54. The average molecular weight is 267 g/mol. The van der Waals surface area contributed by atoms with Crippen molar-refractivity contribution < 1.29 is 0 Å². The number of nitrogens with one attached hydrogen (secondary N) is 1. The van der Waals surface area contributed by atoms with Crippen molar-refractivity contribution in [1.82, 2.24) is 5.32 Å². The Morgan fingerprint density at radius 3 is 2.63 bits per heavy atom. The van der Waals surface area contributed by atoms with Crippen molar-refractivity contribution in [3.63, 3.8) is 0 Å². The van der Waals surface area contributed by atoms with Gasteiger partial charge in [0.25, 0.3) is 0 Å². The second-order valence-electron chi connectivity index (χ2n) is 4.62. The van der Waals surface area contributed by atoms with Crippen LogP contribution >= 0.6 is 11.3 Å². The van der Waals surface area contributed by atoms with E-state index in [0.29, 0.717) is 0 Å². The number of benzene rings is 2. The van der Waals surface area contributed by atoms with E-state index in [2.05, 4.69) is 66.2 Å². The molecule has 0 aliphatic rings. The van der Waals surface area contributed by atoms with Gasteiger partial charge in [0.2, 0.25) is 0 Å². The van der Waals surface area contributed by atoms with Gasteiger partial charge in [-0.2, -0.15) is 0 Å². The quantitative estimate of drug-likeness (QED) is 0.724. The van der Waals surface area contributed by atoms with E-state index in [1.54, 1.807) is 0 Å². The van der Waals surface area contributed by atoms with Crippen molar-refractivity contribution in [2.75, 3.05) is 6.54 Å². The first-order chi connectivity index (χ1) is 9.38. The summed E-state index contributed by atoms with van der Waals surface area (Å²) >= 11 is 1.81. The Morgan fingerprint density at radius 1 is 1.00 bits per heavy atom. The maximum atomic E-state index is 3.35. The van der Waals surface area contributed by atoms with Crippen molar-refractivity contribution >= 4 is 21.4 Å². The van der Waals surface area contributed by atoms with Crippen LogP contribution in [-0.4, -0.2) is 6.54 Å². The lowest BCUT2D eigenvalue weighted by Crippen LogP contribution is -2.11. The monoisotopic (exact) mass is 267 g/mol. The standard InChI is InChI=1S/C17H17NS/c1-2-18-12-13-6-8-14(9-7-13)16-5-3-4-15-10-11-19-17(15)16/h3-11,18H,2,12H2,1H3. The Hall–Kier alpha value is -1.64. The number of hydrogen-bond donors (Lipinski definition) is 1. The first kappa shape index (κ1) is 12.4. The fourth-order valence-electron chi connectivity index (χ4n) is 2.29. The summed E-state index contributed by atoms with van der Waals surface area (Å²) in [7, 11) is 0. The molecule has 2 aromatic carbocycles. The van der Waals surface area contributed by atoms with E-state index in [0.717, 1.165) is 13.1 Å². The highest BCUT2D eigenvalue weighted by Gasteiger charge is 2.04. The molecule has 0 spiro atoms. The van der Waals surface area contributed by atoms with Crippen LogP contribution in [0.5, 0.6) is 0 Å². The molecular weight excluding hydrogens is 250 g/mol. The van der Waals surface area contributed by atoms with Crippen LogP contribution in [0.25, 0.3) is 21.2 Å². The van der Waals surface area contributed by atoms with Crippen molar-refractivity contribution in [3.05, 3.63) is 59.5 Å². The van der Waals surface area contributed by atoms with Gasteiger partial charge in [0.1, 0.15) is 0 Å². The lowest BCUT2D eigenvalue weighted by Gasteiger charge is -2.06. The molecule has 1 heterocycles. The van der Waals surface area contributed by atoms with Gasteiger partial charge < -0.3 is 5.32 Å². The maximum Gasteiger partial charge on any atom is 0.0421 e. The zero-order chi connectivity index (χ0) is 13.1. The van der Waals surface area contributed by atoms with E-state index in [-0.39, 0.29) is 0 Å². The fourth-order valence-corrected chi connectivity index (χ4v) is 3.23. The summed E-state index contributed by atoms with van der Waals surface area (Å²) < 4.78 is 1.38. The molecule has 0 radical (unpaired) electrons. The van der Waals surface area contributed by atoms with E-state index >= 15 is 0 Å². The zero-order valence-corrected chi connectivity index (χ0v) is 11.8. The van der Waals surface area contributed by atoms with Crippen LogP contribution in [-0.2, 0) is 6.54 Å². The minimum Gasteiger partial charge on any atom is -0.313 e. The van der Waals surface area contributed by atoms with Crippen LogP contribution in [0.2, 0.25) is 0 Å². The lowest BCUT2D eigenvalue weighted by molar-refractivity contribution is 0.727. The van der Waals surface area contributed by atoms with E-state index < -0.39 is 0 Å². The summed E-state index contributed by atoms with van der Waals surface area (Å²) in [6, 6.07) is 17.6. The summed E-state index contributed by atoms with van der Waals surface area (Å²) in [6.45, 7) is 4.09. The van der Waals surface area contributed by atoms with Crippen molar-refractivity contribution in [1.29, 1.82) is 0 Å². The van der Waals surface area contributed by atoms with Gasteiger partial charge in [-0.15, -0.1) is 11.3 Å². The molecule has 2 heteroatoms. The predicted molar refractivity (Wildman–Crippen MR) is 84.6 cm³/mol. The van der Waals surface area contributed by atoms with Crippen LogP contribution in [0.3, 0.4) is 0 Å². The van der Waals surface area contributed by atoms with Crippen LogP contribution in [0.15, 0.2) is 53.9 Å². The molecule has 0 atom stereocenters. The molecule has 96 valence electrons. The van der Waals surface area contributed by atoms with Gasteiger partial charge in [0.05, 0.1) is 0 Å². The third kappa shape index (κ3) is 2.55. The van der Waals surface area contributed by atoms with Gasteiger partial charge in [0.15, 0.2) is 0 Å². The summed E-state index contributed by atoms with van der Waals surface area (Å²) in [4.78, 5) is 0. The maximum absolute atomic E-state index is 3.35. The minimum absolute atomic E-state index is 0.944. The highest BCUT2D eigenvalue weighted by atomic mass is 32.1. The molecule has 1 nitrogen and oxygen atoms in total. The number of thiophene rings is 1. The predicted octanol–water partition coefficient (Wildman–Crippen LogP) is 4.68. The van der Waals surface area contributed by atoms with E-state index in [1.807, 2.05) is 11.3 Å². The van der Waals surface area contributed by atoms with Gasteiger partial charge in [-0.25, -0.2) is 0 Å². The second kappa shape index (κ2) is 5.55. The molecule has 1 N–H and O–H groups in total. The summed E-state index contributed by atoms with van der Waals surface area (Å²) in [5.74, 6) is 0. The van der Waals surface area contributed by atoms with Crippen LogP contribution in [0.4, 0.5) is 0 Å². The zero-order valence-electron chi connectivity index (χ0n) is 11.0. The van der Waals surface area contributed by atoms with Gasteiger partial charge in [-0.3, -0.25) is 0 Å². The molecular formula is C17H17NS. The van der Waals surface area contributed by atoms with E-state index in [4.69, 9.17) is 0 Å². The molecule has 19 heavy (non-hydrogen) atoms. The third-order valence-electron chi connectivity index (χ3n) is 3.32. The van der Waals surface area contributed by atoms with Crippen molar-refractivity contribution in [2.24, 2.45) is 0 Å². The first-order valence-electron chi connectivity index (χ1n) is 6.64. The first-order valence-corrected chi connectivity index (χ1v) is 7.52. The fraction of sp³-hybridized carbons (Fsp3) is 0.176. The summed E-state index contributed by atoms with van der Waals surface area (Å²) in [5.41, 5.74) is 3.97.